The number of ketones is 1. The Morgan fingerprint density at radius 2 is 1.57 bits per heavy atom. The van der Waals surface area contributed by atoms with Gasteiger partial charge in [0.05, 0.1) is 18.6 Å². The van der Waals surface area contributed by atoms with Gasteiger partial charge in [0.15, 0.2) is 5.78 Å². The fourth-order valence-corrected chi connectivity index (χ4v) is 5.37. The zero-order valence-corrected chi connectivity index (χ0v) is 20.7. The Morgan fingerprint density at radius 3 is 2.16 bits per heavy atom. The second-order valence-electron chi connectivity index (χ2n) is 9.88. The Hall–Kier alpha value is -3.36. The summed E-state index contributed by atoms with van der Waals surface area (Å²) in [5.41, 5.74) is 0.596. The summed E-state index contributed by atoms with van der Waals surface area (Å²) < 4.78 is 44.1. The largest absolute Gasteiger partial charge is 0.469 e. The highest BCUT2D eigenvalue weighted by Crippen LogP contribution is 2.36. The number of likely N-dealkylation sites (tertiary alicyclic amines) is 2. The summed E-state index contributed by atoms with van der Waals surface area (Å²) in [6.45, 7) is 1.60. The highest BCUT2D eigenvalue weighted by Gasteiger charge is 2.36. The van der Waals surface area contributed by atoms with Crippen molar-refractivity contribution in [3.05, 3.63) is 71.3 Å². The van der Waals surface area contributed by atoms with E-state index in [1.54, 1.807) is 34.1 Å². The molecule has 2 amide bonds. The first-order valence-electron chi connectivity index (χ1n) is 12.5. The van der Waals surface area contributed by atoms with Crippen molar-refractivity contribution in [1.29, 1.82) is 0 Å². The lowest BCUT2D eigenvalue weighted by Gasteiger charge is -2.41. The van der Waals surface area contributed by atoms with Gasteiger partial charge < -0.3 is 14.5 Å². The third-order valence-corrected chi connectivity index (χ3v) is 7.39. The van der Waals surface area contributed by atoms with Gasteiger partial charge in [-0.05, 0) is 42.9 Å². The Kier molecular flexibility index (Phi) is 8.19. The third-order valence-electron chi connectivity index (χ3n) is 7.39. The lowest BCUT2D eigenvalue weighted by molar-refractivity contribution is -0.146. The van der Waals surface area contributed by atoms with Crippen molar-refractivity contribution in [2.75, 3.05) is 33.3 Å². The van der Waals surface area contributed by atoms with Crippen LogP contribution in [0.15, 0.2) is 54.6 Å². The number of methoxy groups -OCH3 is 1. The number of hydrogen-bond acceptors (Lipinski definition) is 4. The normalized spacial score (nSPS) is 21.0. The van der Waals surface area contributed by atoms with Crippen molar-refractivity contribution in [2.45, 2.75) is 37.8 Å². The molecule has 2 aromatic carbocycles. The highest BCUT2D eigenvalue weighted by atomic mass is 19.4. The van der Waals surface area contributed by atoms with Gasteiger partial charge in [-0.15, -0.1) is 0 Å². The topological polar surface area (TPSA) is 66.9 Å². The van der Waals surface area contributed by atoms with E-state index in [-0.39, 0.29) is 42.0 Å². The first-order valence-corrected chi connectivity index (χ1v) is 12.5. The van der Waals surface area contributed by atoms with Crippen molar-refractivity contribution in [1.82, 2.24) is 9.80 Å². The van der Waals surface area contributed by atoms with Gasteiger partial charge in [0.25, 0.3) is 0 Å². The number of amides is 2. The minimum Gasteiger partial charge on any atom is -0.469 e. The van der Waals surface area contributed by atoms with Gasteiger partial charge >= 0.3 is 18.2 Å². The summed E-state index contributed by atoms with van der Waals surface area (Å²) >= 11 is 0. The van der Waals surface area contributed by atoms with Gasteiger partial charge in [-0.1, -0.05) is 42.5 Å². The monoisotopic (exact) mass is 516 g/mol. The maximum Gasteiger partial charge on any atom is 0.416 e. The maximum atomic E-state index is 13.5. The zero-order valence-electron chi connectivity index (χ0n) is 20.7. The number of piperidine rings is 2. The predicted molar refractivity (Wildman–Crippen MR) is 131 cm³/mol. The van der Waals surface area contributed by atoms with Crippen LogP contribution in [0.2, 0.25) is 0 Å². The van der Waals surface area contributed by atoms with Crippen LogP contribution in [0, 0.1) is 11.8 Å². The molecule has 37 heavy (non-hydrogen) atoms. The average Bonchev–Trinajstić information content (AvgIpc) is 2.92. The lowest BCUT2D eigenvalue weighted by Crippen LogP contribution is -2.52. The Labute approximate surface area is 214 Å². The molecule has 0 aliphatic carbocycles. The van der Waals surface area contributed by atoms with Crippen LogP contribution in [-0.4, -0.2) is 60.9 Å². The fourth-order valence-electron chi connectivity index (χ4n) is 5.37. The molecular formula is C28H31F3N2O4. The number of halogens is 3. The number of urea groups is 1. The first-order chi connectivity index (χ1) is 17.7. The van der Waals surface area contributed by atoms with E-state index in [2.05, 4.69) is 0 Å². The summed E-state index contributed by atoms with van der Waals surface area (Å²) in [6.07, 6.45) is -2.55. The second kappa shape index (κ2) is 11.4. The molecule has 6 nitrogen and oxygen atoms in total. The minimum atomic E-state index is -4.42. The molecular weight excluding hydrogens is 485 g/mol. The highest BCUT2D eigenvalue weighted by molar-refractivity contribution is 5.96. The average molecular weight is 517 g/mol. The van der Waals surface area contributed by atoms with E-state index >= 15 is 0 Å². The number of ether oxygens (including phenoxy) is 1. The molecule has 2 fully saturated rings. The van der Waals surface area contributed by atoms with Crippen molar-refractivity contribution in [3.8, 4) is 0 Å². The standard InChI is InChI=1S/C28H31F3N2O4/c1-37-26(35)22-11-13-32(14-12-22)27(36)33-17-19(16-25(34)21-5-3-2-4-6-21)15-23(18-33)20-7-9-24(10-8-20)28(29,30)31/h2-10,19,22-23H,11-18H2,1H3. The Morgan fingerprint density at radius 1 is 0.919 bits per heavy atom. The number of esters is 1. The Bertz CT molecular complexity index is 1100. The molecule has 2 unspecified atom stereocenters. The van der Waals surface area contributed by atoms with Crippen LogP contribution in [0.1, 0.15) is 53.1 Å². The number of nitrogens with zero attached hydrogens (tertiary/aromatic N) is 2. The summed E-state index contributed by atoms with van der Waals surface area (Å²) in [4.78, 5) is 41.7. The van der Waals surface area contributed by atoms with Crippen LogP contribution in [0.3, 0.4) is 0 Å². The third kappa shape index (κ3) is 6.50. The molecule has 2 heterocycles. The number of rotatable bonds is 5. The van der Waals surface area contributed by atoms with Gasteiger partial charge in [0.2, 0.25) is 0 Å². The van der Waals surface area contributed by atoms with Crippen LogP contribution in [0.5, 0.6) is 0 Å². The van der Waals surface area contributed by atoms with E-state index < -0.39 is 11.7 Å². The maximum absolute atomic E-state index is 13.5. The van der Waals surface area contributed by atoms with E-state index in [1.807, 2.05) is 6.07 Å². The van der Waals surface area contributed by atoms with Crippen LogP contribution in [0.25, 0.3) is 0 Å². The second-order valence-corrected chi connectivity index (χ2v) is 9.88. The molecule has 0 N–H and O–H groups in total. The molecule has 0 saturated carbocycles. The summed E-state index contributed by atoms with van der Waals surface area (Å²) in [7, 11) is 1.35. The molecule has 2 saturated heterocycles. The SMILES string of the molecule is COC(=O)C1CCN(C(=O)N2CC(CC(=O)c3ccccc3)CC(c3ccc(C(F)(F)F)cc3)C2)CC1. The fraction of sp³-hybridized carbons (Fsp3) is 0.464. The van der Waals surface area contributed by atoms with Gasteiger partial charge in [-0.3, -0.25) is 9.59 Å². The molecule has 198 valence electrons. The van der Waals surface area contributed by atoms with E-state index in [0.717, 1.165) is 12.1 Å². The minimum absolute atomic E-state index is 0.0232. The number of carbonyl (C=O) groups excluding carboxylic acids is 3. The number of alkyl halides is 3. The predicted octanol–water partition coefficient (Wildman–Crippen LogP) is 5.39. The molecule has 0 aromatic heterocycles. The van der Waals surface area contributed by atoms with Crippen molar-refractivity contribution >= 4 is 17.8 Å². The van der Waals surface area contributed by atoms with E-state index in [9.17, 15) is 27.6 Å². The molecule has 9 heteroatoms. The summed E-state index contributed by atoms with van der Waals surface area (Å²) in [6, 6.07) is 13.9. The molecule has 2 aromatic rings. The van der Waals surface area contributed by atoms with E-state index in [1.165, 1.54) is 19.2 Å². The molecule has 2 atom stereocenters. The van der Waals surface area contributed by atoms with Crippen molar-refractivity contribution < 1.29 is 32.3 Å². The van der Waals surface area contributed by atoms with Crippen molar-refractivity contribution in [2.24, 2.45) is 11.8 Å². The first kappa shape index (κ1) is 26.7. The summed E-state index contributed by atoms with van der Waals surface area (Å²) in [5, 5.41) is 0. The zero-order chi connectivity index (χ0) is 26.6. The van der Waals surface area contributed by atoms with Gasteiger partial charge in [-0.2, -0.15) is 13.2 Å². The number of Topliss-reactive ketones (excluding diaryl/α,β-unsaturated/α-hetero) is 1. The van der Waals surface area contributed by atoms with Gasteiger partial charge in [-0.25, -0.2) is 4.79 Å². The van der Waals surface area contributed by atoms with Crippen LogP contribution < -0.4 is 0 Å². The number of benzene rings is 2. The molecule has 4 rings (SSSR count). The van der Waals surface area contributed by atoms with E-state index in [4.69, 9.17) is 4.74 Å². The molecule has 0 radical (unpaired) electrons. The molecule has 0 spiro atoms. The molecule has 0 bridgehead atoms. The number of hydrogen-bond donors (Lipinski definition) is 0. The van der Waals surface area contributed by atoms with Crippen LogP contribution >= 0.6 is 0 Å². The van der Waals surface area contributed by atoms with Crippen LogP contribution in [-0.2, 0) is 15.7 Å². The van der Waals surface area contributed by atoms with Crippen molar-refractivity contribution in [3.63, 3.8) is 0 Å². The smallest absolute Gasteiger partial charge is 0.416 e. The van der Waals surface area contributed by atoms with Crippen LogP contribution in [0.4, 0.5) is 18.0 Å². The quantitative estimate of drug-likeness (QED) is 0.395. The van der Waals surface area contributed by atoms with E-state index in [0.29, 0.717) is 56.6 Å². The lowest BCUT2D eigenvalue weighted by atomic mass is 9.81. The summed E-state index contributed by atoms with van der Waals surface area (Å²) in [5.74, 6) is -0.852. The molecule has 2 aliphatic heterocycles. The molecule has 2 aliphatic rings. The van der Waals surface area contributed by atoms with Gasteiger partial charge in [0, 0.05) is 44.1 Å². The number of carbonyl (C=O) groups is 3. The Balaban J connectivity index is 1.50. The van der Waals surface area contributed by atoms with Gasteiger partial charge in [0.1, 0.15) is 0 Å².